The molecule has 1 atom stereocenters. The van der Waals surface area contributed by atoms with E-state index in [0.29, 0.717) is 42.8 Å². The van der Waals surface area contributed by atoms with E-state index in [0.717, 1.165) is 36.1 Å². The molecule has 0 bridgehead atoms. The van der Waals surface area contributed by atoms with Crippen LogP contribution in [-0.4, -0.2) is 17.1 Å². The highest BCUT2D eigenvalue weighted by Crippen LogP contribution is 2.32. The molecule has 5 rings (SSSR count). The average Bonchev–Trinajstić information content (AvgIpc) is 3.29. The number of thiazole rings is 1. The van der Waals surface area contributed by atoms with E-state index in [-0.39, 0.29) is 12.2 Å². The molecule has 2 heterocycles. The summed E-state index contributed by atoms with van der Waals surface area (Å²) in [6.45, 7) is 4.65. The molecule has 4 aromatic rings. The molecule has 3 aromatic carbocycles. The van der Waals surface area contributed by atoms with Crippen LogP contribution in [0.2, 0.25) is 10.0 Å². The lowest BCUT2D eigenvalue weighted by Crippen LogP contribution is -2.39. The summed E-state index contributed by atoms with van der Waals surface area (Å²) in [6, 6.07) is 21.3. The lowest BCUT2D eigenvalue weighted by Gasteiger charge is -2.25. The van der Waals surface area contributed by atoms with Gasteiger partial charge in [-0.2, -0.15) is 0 Å². The lowest BCUT2D eigenvalue weighted by atomic mass is 9.96. The second kappa shape index (κ2) is 13.6. The van der Waals surface area contributed by atoms with Gasteiger partial charge in [0.1, 0.15) is 12.4 Å². The molecular weight excluding hydrogens is 591 g/mol. The molecule has 0 saturated heterocycles. The summed E-state index contributed by atoms with van der Waals surface area (Å²) in [5.41, 5.74) is 2.79. The highest BCUT2D eigenvalue weighted by molar-refractivity contribution is 7.07. The Hall–Kier alpha value is -3.65. The number of hydrogen-bond acceptors (Lipinski definition) is 6. The molecule has 0 radical (unpaired) electrons. The summed E-state index contributed by atoms with van der Waals surface area (Å²) >= 11 is 13.7. The van der Waals surface area contributed by atoms with Crippen molar-refractivity contribution in [2.75, 3.05) is 6.61 Å². The van der Waals surface area contributed by atoms with Crippen molar-refractivity contribution in [2.45, 2.75) is 45.8 Å². The molecule has 216 valence electrons. The number of benzene rings is 3. The Kier molecular flexibility index (Phi) is 9.62. The molecule has 0 spiro atoms. The fourth-order valence-corrected chi connectivity index (χ4v) is 6.25. The topological polar surface area (TPSA) is 69.9 Å². The van der Waals surface area contributed by atoms with Gasteiger partial charge < -0.3 is 9.47 Å². The van der Waals surface area contributed by atoms with Crippen LogP contribution in [-0.2, 0) is 16.1 Å². The molecule has 1 aliphatic heterocycles. The van der Waals surface area contributed by atoms with E-state index in [4.69, 9.17) is 32.7 Å². The zero-order valence-electron chi connectivity index (χ0n) is 23.3. The largest absolute Gasteiger partial charge is 0.494 e. The highest BCUT2D eigenvalue weighted by atomic mass is 35.5. The number of hydrogen-bond donors (Lipinski definition) is 0. The number of unbranched alkanes of at least 4 members (excludes halogenated alkanes) is 2. The summed E-state index contributed by atoms with van der Waals surface area (Å²) in [5, 5.41) is 0.937. The number of ether oxygens (including phenoxy) is 2. The zero-order valence-corrected chi connectivity index (χ0v) is 25.6. The third-order valence-electron chi connectivity index (χ3n) is 6.92. The minimum absolute atomic E-state index is 0.104. The Balaban J connectivity index is 1.55. The average molecular weight is 622 g/mol. The molecule has 1 aromatic heterocycles. The third-order valence-corrected chi connectivity index (χ3v) is 8.46. The van der Waals surface area contributed by atoms with Crippen molar-refractivity contribution in [3.8, 4) is 5.75 Å². The van der Waals surface area contributed by atoms with Gasteiger partial charge in [-0.25, -0.2) is 9.79 Å². The predicted octanol–water partition coefficient (Wildman–Crippen LogP) is 6.85. The smallest absolute Gasteiger partial charge is 0.338 e. The fourth-order valence-electron chi connectivity index (χ4n) is 4.75. The van der Waals surface area contributed by atoms with Crippen LogP contribution in [0.15, 0.2) is 93.9 Å². The van der Waals surface area contributed by atoms with Gasteiger partial charge in [-0.1, -0.05) is 103 Å². The van der Waals surface area contributed by atoms with Crippen molar-refractivity contribution in [3.63, 3.8) is 0 Å². The van der Waals surface area contributed by atoms with Crippen LogP contribution in [0.25, 0.3) is 6.08 Å². The van der Waals surface area contributed by atoms with Gasteiger partial charge in [-0.05, 0) is 60.4 Å². The zero-order chi connectivity index (χ0) is 29.6. The predicted molar refractivity (Wildman–Crippen MR) is 168 cm³/mol. The molecule has 1 aliphatic rings. The van der Waals surface area contributed by atoms with Crippen molar-refractivity contribution >= 4 is 46.6 Å². The quantitative estimate of drug-likeness (QED) is 0.143. The van der Waals surface area contributed by atoms with Gasteiger partial charge in [0.25, 0.3) is 5.56 Å². The maximum absolute atomic E-state index is 13.9. The van der Waals surface area contributed by atoms with Crippen LogP contribution in [0.3, 0.4) is 0 Å². The van der Waals surface area contributed by atoms with E-state index >= 15 is 0 Å². The van der Waals surface area contributed by atoms with Crippen molar-refractivity contribution in [1.29, 1.82) is 0 Å². The van der Waals surface area contributed by atoms with Crippen LogP contribution in [0.4, 0.5) is 0 Å². The minimum Gasteiger partial charge on any atom is -0.494 e. The number of esters is 1. The lowest BCUT2D eigenvalue weighted by molar-refractivity contribution is -0.140. The molecule has 9 heteroatoms. The SMILES string of the molecule is CCCCCOc1ccc(C2C(C(=O)OCc3ccccc3)=C(C)N=c3s/c(=C\c4ccc(Cl)cc4Cl)c(=O)n32)cc1. The molecular formula is C33H30Cl2N2O4S. The van der Waals surface area contributed by atoms with Gasteiger partial charge in [0.05, 0.1) is 28.5 Å². The number of rotatable bonds is 10. The number of carbonyl (C=O) groups excluding carboxylic acids is 1. The first-order valence-electron chi connectivity index (χ1n) is 13.8. The van der Waals surface area contributed by atoms with Crippen molar-refractivity contribution in [1.82, 2.24) is 4.57 Å². The first kappa shape index (κ1) is 29.8. The molecule has 0 N–H and O–H groups in total. The van der Waals surface area contributed by atoms with E-state index in [1.807, 2.05) is 54.6 Å². The van der Waals surface area contributed by atoms with Gasteiger partial charge in [-0.15, -0.1) is 0 Å². The molecule has 0 saturated carbocycles. The van der Waals surface area contributed by atoms with Crippen LogP contribution in [0.1, 0.15) is 55.8 Å². The molecule has 0 amide bonds. The van der Waals surface area contributed by atoms with Crippen LogP contribution < -0.4 is 19.6 Å². The number of fused-ring (bicyclic) bond motifs is 1. The molecule has 6 nitrogen and oxygen atoms in total. The summed E-state index contributed by atoms with van der Waals surface area (Å²) < 4.78 is 13.6. The van der Waals surface area contributed by atoms with Gasteiger partial charge in [-0.3, -0.25) is 9.36 Å². The Morgan fingerprint density at radius 2 is 1.81 bits per heavy atom. The highest BCUT2D eigenvalue weighted by Gasteiger charge is 2.33. The van der Waals surface area contributed by atoms with E-state index in [1.165, 1.54) is 11.3 Å². The number of allylic oxidation sites excluding steroid dienone is 1. The summed E-state index contributed by atoms with van der Waals surface area (Å²) in [7, 11) is 0. The first-order valence-corrected chi connectivity index (χ1v) is 15.3. The van der Waals surface area contributed by atoms with Gasteiger partial charge in [0.2, 0.25) is 0 Å². The summed E-state index contributed by atoms with van der Waals surface area (Å²) in [5.74, 6) is 0.202. The Morgan fingerprint density at radius 1 is 1.05 bits per heavy atom. The molecule has 42 heavy (non-hydrogen) atoms. The standard InChI is InChI=1S/C33H30Cl2N2O4S/c1-3-4-8-17-40-26-15-12-23(13-16-26)30-29(32(39)41-20-22-9-6-5-7-10-22)21(2)36-33-37(30)31(38)28(42-33)18-24-11-14-25(34)19-27(24)35/h5-7,9-16,18-19,30H,3-4,8,17,20H2,1-2H3/b28-18-. The van der Waals surface area contributed by atoms with Crippen molar-refractivity contribution in [2.24, 2.45) is 4.99 Å². The van der Waals surface area contributed by atoms with Gasteiger partial charge in [0.15, 0.2) is 4.80 Å². The van der Waals surface area contributed by atoms with Crippen molar-refractivity contribution < 1.29 is 14.3 Å². The number of carbonyl (C=O) groups is 1. The van der Waals surface area contributed by atoms with Gasteiger partial charge >= 0.3 is 5.97 Å². The van der Waals surface area contributed by atoms with Gasteiger partial charge in [0, 0.05) is 10.0 Å². The number of nitrogens with zero attached hydrogens (tertiary/aromatic N) is 2. The van der Waals surface area contributed by atoms with Crippen LogP contribution in [0.5, 0.6) is 5.75 Å². The van der Waals surface area contributed by atoms with E-state index < -0.39 is 12.0 Å². The molecule has 0 fully saturated rings. The minimum atomic E-state index is -0.735. The van der Waals surface area contributed by atoms with Crippen LogP contribution in [0, 0.1) is 0 Å². The number of halogens is 2. The Morgan fingerprint density at radius 3 is 2.52 bits per heavy atom. The van der Waals surface area contributed by atoms with E-state index in [9.17, 15) is 9.59 Å². The molecule has 0 aliphatic carbocycles. The van der Waals surface area contributed by atoms with E-state index in [1.54, 1.807) is 35.8 Å². The summed E-state index contributed by atoms with van der Waals surface area (Å²) in [4.78, 5) is 32.7. The summed E-state index contributed by atoms with van der Waals surface area (Å²) in [6.07, 6.45) is 4.92. The van der Waals surface area contributed by atoms with Crippen molar-refractivity contribution in [3.05, 3.63) is 130 Å². The molecule has 1 unspecified atom stereocenters. The second-order valence-corrected chi connectivity index (χ2v) is 11.8. The number of aromatic nitrogens is 1. The maximum Gasteiger partial charge on any atom is 0.338 e. The van der Waals surface area contributed by atoms with E-state index in [2.05, 4.69) is 11.9 Å². The fraction of sp³-hybridized carbons (Fsp3) is 0.242. The second-order valence-electron chi connectivity index (χ2n) is 9.93. The van der Waals surface area contributed by atoms with Crippen LogP contribution >= 0.6 is 34.5 Å². The Bertz CT molecular complexity index is 1790. The normalized spacial score (nSPS) is 14.9. The first-order chi connectivity index (χ1) is 20.4. The maximum atomic E-state index is 13.9. The third kappa shape index (κ3) is 6.70. The monoisotopic (exact) mass is 620 g/mol. The Labute approximate surface area is 258 Å².